The Hall–Kier alpha value is -1.50. The van der Waals surface area contributed by atoms with Crippen LogP contribution in [0.15, 0.2) is 12.1 Å². The SMILES string of the molecule is CCCNc1cc(C(F)(F)F)cc(NCC(O)CC)n1. The molecule has 0 aliphatic carbocycles. The van der Waals surface area contributed by atoms with E-state index in [0.717, 1.165) is 18.6 Å². The zero-order chi connectivity index (χ0) is 15.2. The van der Waals surface area contributed by atoms with E-state index >= 15 is 0 Å². The second kappa shape index (κ2) is 7.33. The highest BCUT2D eigenvalue weighted by atomic mass is 19.4. The molecule has 0 spiro atoms. The topological polar surface area (TPSA) is 57.2 Å². The van der Waals surface area contributed by atoms with Crippen LogP contribution in [-0.4, -0.2) is 29.3 Å². The van der Waals surface area contributed by atoms with Gasteiger partial charge in [0.2, 0.25) is 0 Å². The van der Waals surface area contributed by atoms with Crippen LogP contribution in [-0.2, 0) is 6.18 Å². The first-order chi connectivity index (χ1) is 9.36. The quantitative estimate of drug-likeness (QED) is 0.722. The number of hydrogen-bond acceptors (Lipinski definition) is 4. The highest BCUT2D eigenvalue weighted by Crippen LogP contribution is 2.32. The van der Waals surface area contributed by atoms with Crippen LogP contribution in [0.1, 0.15) is 32.3 Å². The van der Waals surface area contributed by atoms with Gasteiger partial charge in [0.05, 0.1) is 11.7 Å². The summed E-state index contributed by atoms with van der Waals surface area (Å²) in [5.74, 6) is 0.279. The molecule has 0 fully saturated rings. The molecule has 1 heterocycles. The van der Waals surface area contributed by atoms with E-state index in [9.17, 15) is 18.3 Å². The highest BCUT2D eigenvalue weighted by molar-refractivity contribution is 5.49. The Morgan fingerprint density at radius 1 is 1.20 bits per heavy atom. The summed E-state index contributed by atoms with van der Waals surface area (Å²) in [5.41, 5.74) is -0.764. The standard InChI is InChI=1S/C13H20F3N3O/c1-3-5-17-11-6-9(13(14,15)16)7-12(19-11)18-8-10(20)4-2/h6-7,10,20H,3-5,8H2,1-2H3,(H2,17,18,19). The van der Waals surface area contributed by atoms with E-state index in [1.807, 2.05) is 6.92 Å². The first-order valence-electron chi connectivity index (χ1n) is 6.61. The molecular formula is C13H20F3N3O. The van der Waals surface area contributed by atoms with Crippen molar-refractivity contribution >= 4 is 11.6 Å². The highest BCUT2D eigenvalue weighted by Gasteiger charge is 2.31. The van der Waals surface area contributed by atoms with E-state index in [-0.39, 0.29) is 18.2 Å². The molecule has 1 atom stereocenters. The van der Waals surface area contributed by atoms with Crippen LogP contribution in [0, 0.1) is 0 Å². The molecule has 114 valence electrons. The zero-order valence-corrected chi connectivity index (χ0v) is 11.6. The molecule has 0 aliphatic heterocycles. The van der Waals surface area contributed by atoms with Crippen molar-refractivity contribution < 1.29 is 18.3 Å². The minimum absolute atomic E-state index is 0.103. The lowest BCUT2D eigenvalue weighted by Gasteiger charge is -2.15. The van der Waals surface area contributed by atoms with Gasteiger partial charge in [0.15, 0.2) is 0 Å². The molecule has 0 radical (unpaired) electrons. The number of aliphatic hydroxyl groups is 1. The first-order valence-corrected chi connectivity index (χ1v) is 6.61. The molecule has 7 heteroatoms. The van der Waals surface area contributed by atoms with Gasteiger partial charge in [-0.3, -0.25) is 0 Å². The number of nitrogens with one attached hydrogen (secondary N) is 2. The van der Waals surface area contributed by atoms with Crippen molar-refractivity contribution in [1.29, 1.82) is 0 Å². The van der Waals surface area contributed by atoms with Crippen molar-refractivity contribution in [1.82, 2.24) is 4.98 Å². The number of anilines is 2. The van der Waals surface area contributed by atoms with Crippen LogP contribution in [0.3, 0.4) is 0 Å². The molecular weight excluding hydrogens is 271 g/mol. The number of aliphatic hydroxyl groups excluding tert-OH is 1. The second-order valence-corrected chi connectivity index (χ2v) is 4.49. The molecule has 0 saturated heterocycles. The molecule has 1 aromatic rings. The molecule has 0 saturated carbocycles. The van der Waals surface area contributed by atoms with E-state index in [1.165, 1.54) is 0 Å². The molecule has 4 nitrogen and oxygen atoms in total. The van der Waals surface area contributed by atoms with Crippen molar-refractivity contribution in [2.45, 2.75) is 39.0 Å². The molecule has 0 aliphatic rings. The fourth-order valence-electron chi connectivity index (χ4n) is 1.50. The smallest absolute Gasteiger partial charge is 0.391 e. The fourth-order valence-corrected chi connectivity index (χ4v) is 1.50. The third kappa shape index (κ3) is 5.24. The van der Waals surface area contributed by atoms with Gasteiger partial charge < -0.3 is 15.7 Å². The zero-order valence-electron chi connectivity index (χ0n) is 11.6. The molecule has 3 N–H and O–H groups in total. The van der Waals surface area contributed by atoms with E-state index < -0.39 is 17.8 Å². The Morgan fingerprint density at radius 3 is 2.30 bits per heavy atom. The van der Waals surface area contributed by atoms with Gasteiger partial charge in [0.1, 0.15) is 11.6 Å². The number of alkyl halides is 3. The summed E-state index contributed by atoms with van der Waals surface area (Å²) < 4.78 is 38.4. The summed E-state index contributed by atoms with van der Waals surface area (Å²) in [6.07, 6.45) is -3.73. The number of aromatic nitrogens is 1. The third-order valence-electron chi connectivity index (χ3n) is 2.70. The lowest BCUT2D eigenvalue weighted by atomic mass is 10.2. The van der Waals surface area contributed by atoms with Crippen LogP contribution in [0.25, 0.3) is 0 Å². The predicted octanol–water partition coefficient (Wildman–Crippen LogP) is 3.11. The van der Waals surface area contributed by atoms with Gasteiger partial charge in [-0.25, -0.2) is 4.98 Å². The summed E-state index contributed by atoms with van der Waals surface area (Å²) in [7, 11) is 0. The minimum Gasteiger partial charge on any atom is -0.391 e. The van der Waals surface area contributed by atoms with Gasteiger partial charge in [-0.15, -0.1) is 0 Å². The summed E-state index contributed by atoms with van der Waals surface area (Å²) in [5, 5.41) is 15.0. The van der Waals surface area contributed by atoms with Gasteiger partial charge in [-0.2, -0.15) is 13.2 Å². The lowest BCUT2D eigenvalue weighted by molar-refractivity contribution is -0.137. The normalized spacial score (nSPS) is 13.1. The van der Waals surface area contributed by atoms with Gasteiger partial charge in [0.25, 0.3) is 0 Å². The lowest BCUT2D eigenvalue weighted by Crippen LogP contribution is -2.19. The molecule has 1 aromatic heterocycles. The predicted molar refractivity (Wildman–Crippen MR) is 72.8 cm³/mol. The summed E-state index contributed by atoms with van der Waals surface area (Å²) in [4.78, 5) is 4.06. The van der Waals surface area contributed by atoms with Gasteiger partial charge in [-0.1, -0.05) is 13.8 Å². The molecule has 20 heavy (non-hydrogen) atoms. The van der Waals surface area contributed by atoms with E-state index in [4.69, 9.17) is 0 Å². The van der Waals surface area contributed by atoms with E-state index in [2.05, 4.69) is 15.6 Å². The van der Waals surface area contributed by atoms with Crippen molar-refractivity contribution in [3.8, 4) is 0 Å². The fraction of sp³-hybridized carbons (Fsp3) is 0.615. The number of pyridine rings is 1. The van der Waals surface area contributed by atoms with Crippen LogP contribution in [0.4, 0.5) is 24.8 Å². The molecule has 1 unspecified atom stereocenters. The maximum atomic E-state index is 12.8. The third-order valence-corrected chi connectivity index (χ3v) is 2.70. The molecule has 1 rings (SSSR count). The van der Waals surface area contributed by atoms with Gasteiger partial charge in [-0.05, 0) is 25.0 Å². The van der Waals surface area contributed by atoms with Gasteiger partial charge >= 0.3 is 6.18 Å². The molecule has 0 bridgehead atoms. The van der Waals surface area contributed by atoms with Crippen LogP contribution < -0.4 is 10.6 Å². The maximum Gasteiger partial charge on any atom is 0.416 e. The molecule has 0 amide bonds. The van der Waals surface area contributed by atoms with Crippen molar-refractivity contribution in [2.75, 3.05) is 23.7 Å². The first kappa shape index (κ1) is 16.6. The Labute approximate surface area is 116 Å². The largest absolute Gasteiger partial charge is 0.416 e. The van der Waals surface area contributed by atoms with Crippen molar-refractivity contribution in [2.24, 2.45) is 0 Å². The summed E-state index contributed by atoms with van der Waals surface area (Å²) in [6, 6.07) is 1.93. The Bertz CT molecular complexity index is 424. The van der Waals surface area contributed by atoms with Crippen molar-refractivity contribution in [3.63, 3.8) is 0 Å². The van der Waals surface area contributed by atoms with Crippen LogP contribution in [0.2, 0.25) is 0 Å². The van der Waals surface area contributed by atoms with E-state index in [1.54, 1.807) is 6.92 Å². The minimum atomic E-state index is -4.43. The number of rotatable bonds is 7. The molecule has 0 aromatic carbocycles. The number of halogens is 3. The summed E-state index contributed by atoms with van der Waals surface area (Å²) in [6.45, 7) is 4.42. The van der Waals surface area contributed by atoms with Gasteiger partial charge in [0, 0.05) is 13.1 Å². The van der Waals surface area contributed by atoms with E-state index in [0.29, 0.717) is 13.0 Å². The average molecular weight is 291 g/mol. The number of hydrogen-bond donors (Lipinski definition) is 3. The van der Waals surface area contributed by atoms with Crippen LogP contribution in [0.5, 0.6) is 0 Å². The average Bonchev–Trinajstić information content (AvgIpc) is 2.41. The Balaban J connectivity index is 2.91. The van der Waals surface area contributed by atoms with Crippen LogP contribution >= 0.6 is 0 Å². The van der Waals surface area contributed by atoms with Crippen molar-refractivity contribution in [3.05, 3.63) is 17.7 Å². The number of nitrogens with zero attached hydrogens (tertiary/aromatic N) is 1. The monoisotopic (exact) mass is 291 g/mol. The maximum absolute atomic E-state index is 12.8. The second-order valence-electron chi connectivity index (χ2n) is 4.49. The Kier molecular flexibility index (Phi) is 6.06. The Morgan fingerprint density at radius 2 is 1.80 bits per heavy atom. The summed E-state index contributed by atoms with van der Waals surface area (Å²) >= 11 is 0.